The Bertz CT molecular complexity index is 844. The molecule has 0 amide bonds. The molecule has 0 fully saturated rings. The van der Waals surface area contributed by atoms with Crippen LogP contribution in [0.4, 0.5) is 0 Å². The summed E-state index contributed by atoms with van der Waals surface area (Å²) in [5, 5.41) is 19.6. The van der Waals surface area contributed by atoms with Crippen molar-refractivity contribution < 1.29 is 14.6 Å². The van der Waals surface area contributed by atoms with Gasteiger partial charge in [-0.1, -0.05) is 28.1 Å². The minimum absolute atomic E-state index is 0.240. The summed E-state index contributed by atoms with van der Waals surface area (Å²) in [7, 11) is 0. The SMILES string of the molecule is Oc1c(Br)cc(-c2ncc(-c3ccc(Br)cc3)o2)c(Br)c1O. The summed E-state index contributed by atoms with van der Waals surface area (Å²) in [4.78, 5) is 4.24. The number of phenols is 2. The Labute approximate surface area is 151 Å². The van der Waals surface area contributed by atoms with Gasteiger partial charge in [-0.3, -0.25) is 0 Å². The molecule has 0 aliphatic rings. The van der Waals surface area contributed by atoms with E-state index in [4.69, 9.17) is 4.42 Å². The molecule has 0 radical (unpaired) electrons. The minimum atomic E-state index is -0.271. The van der Waals surface area contributed by atoms with Crippen LogP contribution in [-0.4, -0.2) is 15.2 Å². The molecule has 0 bridgehead atoms. The lowest BCUT2D eigenvalue weighted by Crippen LogP contribution is -1.83. The second-order valence-corrected chi connectivity index (χ2v) is 7.02. The third-order valence-corrected chi connectivity index (χ3v) is 4.97. The Hall–Kier alpha value is -1.31. The standard InChI is InChI=1S/C15H8Br3NO3/c16-8-3-1-7(2-4-8)11-6-19-15(22-11)9-5-10(17)13(20)14(21)12(9)18/h1-6,20-21H. The second-order valence-electron chi connectivity index (χ2n) is 4.45. The molecule has 0 unspecified atom stereocenters. The zero-order chi connectivity index (χ0) is 15.9. The van der Waals surface area contributed by atoms with Crippen LogP contribution in [0, 0.1) is 0 Å². The number of nitrogens with zero attached hydrogens (tertiary/aromatic N) is 1. The molecule has 1 heterocycles. The molecule has 0 saturated heterocycles. The number of aromatic nitrogens is 1. The van der Waals surface area contributed by atoms with Crippen LogP contribution < -0.4 is 0 Å². The van der Waals surface area contributed by atoms with Gasteiger partial charge in [-0.25, -0.2) is 4.98 Å². The fraction of sp³-hybridized carbons (Fsp3) is 0. The van der Waals surface area contributed by atoms with Crippen molar-refractivity contribution in [1.82, 2.24) is 4.98 Å². The first-order chi connectivity index (χ1) is 10.5. The molecule has 112 valence electrons. The molecular formula is C15H8Br3NO3. The molecule has 3 aromatic rings. The van der Waals surface area contributed by atoms with Gasteiger partial charge in [-0.05, 0) is 50.1 Å². The summed E-state index contributed by atoms with van der Waals surface area (Å²) in [5.74, 6) is 0.432. The largest absolute Gasteiger partial charge is 0.503 e. The Morgan fingerprint density at radius 3 is 2.32 bits per heavy atom. The van der Waals surface area contributed by atoms with E-state index in [9.17, 15) is 10.2 Å². The maximum atomic E-state index is 9.88. The van der Waals surface area contributed by atoms with Crippen LogP contribution in [0.1, 0.15) is 0 Å². The normalized spacial score (nSPS) is 10.9. The van der Waals surface area contributed by atoms with Gasteiger partial charge in [0.1, 0.15) is 0 Å². The molecule has 7 heteroatoms. The number of oxazole rings is 1. The molecular weight excluding hydrogens is 482 g/mol. The molecule has 1 aromatic heterocycles. The topological polar surface area (TPSA) is 66.5 Å². The fourth-order valence-corrected chi connectivity index (χ4v) is 3.06. The molecule has 0 aliphatic heterocycles. The van der Waals surface area contributed by atoms with Crippen LogP contribution in [-0.2, 0) is 0 Å². The third-order valence-electron chi connectivity index (χ3n) is 3.03. The first-order valence-electron chi connectivity index (χ1n) is 6.09. The number of rotatable bonds is 2. The van der Waals surface area contributed by atoms with E-state index in [1.165, 1.54) is 0 Å². The highest BCUT2D eigenvalue weighted by Crippen LogP contribution is 2.45. The van der Waals surface area contributed by atoms with Crippen molar-refractivity contribution in [2.75, 3.05) is 0 Å². The summed E-state index contributed by atoms with van der Waals surface area (Å²) in [5.41, 5.74) is 1.42. The van der Waals surface area contributed by atoms with Crippen molar-refractivity contribution in [2.45, 2.75) is 0 Å². The lowest BCUT2D eigenvalue weighted by Gasteiger charge is -2.07. The van der Waals surface area contributed by atoms with E-state index in [1.54, 1.807) is 12.3 Å². The van der Waals surface area contributed by atoms with Gasteiger partial charge in [0, 0.05) is 10.0 Å². The van der Waals surface area contributed by atoms with Crippen LogP contribution in [0.2, 0.25) is 0 Å². The molecule has 0 spiro atoms. The van der Waals surface area contributed by atoms with Crippen LogP contribution in [0.25, 0.3) is 22.8 Å². The second kappa shape index (κ2) is 6.06. The summed E-state index contributed by atoms with van der Waals surface area (Å²) in [6, 6.07) is 9.27. The predicted molar refractivity (Wildman–Crippen MR) is 93.8 cm³/mol. The molecule has 22 heavy (non-hydrogen) atoms. The third kappa shape index (κ3) is 2.80. The smallest absolute Gasteiger partial charge is 0.228 e. The zero-order valence-electron chi connectivity index (χ0n) is 10.8. The van der Waals surface area contributed by atoms with Crippen LogP contribution >= 0.6 is 47.8 Å². The lowest BCUT2D eigenvalue weighted by molar-refractivity contribution is 0.399. The molecule has 0 aliphatic carbocycles. The van der Waals surface area contributed by atoms with Gasteiger partial charge in [-0.2, -0.15) is 0 Å². The van der Waals surface area contributed by atoms with E-state index in [2.05, 4.69) is 52.8 Å². The average molecular weight is 490 g/mol. The molecule has 0 saturated carbocycles. The van der Waals surface area contributed by atoms with E-state index in [0.717, 1.165) is 10.0 Å². The highest BCUT2D eigenvalue weighted by atomic mass is 79.9. The number of halogens is 3. The van der Waals surface area contributed by atoms with E-state index >= 15 is 0 Å². The van der Waals surface area contributed by atoms with Crippen molar-refractivity contribution >= 4 is 47.8 Å². The Morgan fingerprint density at radius 1 is 0.955 bits per heavy atom. The van der Waals surface area contributed by atoms with Gasteiger partial charge in [-0.15, -0.1) is 0 Å². The molecule has 3 rings (SSSR count). The summed E-state index contributed by atoms with van der Waals surface area (Å²) in [6.45, 7) is 0. The van der Waals surface area contributed by atoms with Gasteiger partial charge in [0.15, 0.2) is 17.3 Å². The Kier molecular flexibility index (Phi) is 4.29. The molecule has 2 aromatic carbocycles. The van der Waals surface area contributed by atoms with E-state index in [-0.39, 0.29) is 11.5 Å². The van der Waals surface area contributed by atoms with Crippen molar-refractivity contribution in [3.05, 3.63) is 49.9 Å². The summed E-state index contributed by atoms with van der Waals surface area (Å²) >= 11 is 9.81. The Balaban J connectivity index is 2.06. The van der Waals surface area contributed by atoms with Crippen molar-refractivity contribution in [3.8, 4) is 34.3 Å². The maximum absolute atomic E-state index is 9.88. The highest BCUT2D eigenvalue weighted by molar-refractivity contribution is 9.11. The first kappa shape index (κ1) is 15.6. The average Bonchev–Trinajstić information content (AvgIpc) is 2.99. The monoisotopic (exact) mass is 487 g/mol. The van der Waals surface area contributed by atoms with E-state index < -0.39 is 0 Å². The molecule has 2 N–H and O–H groups in total. The number of hydrogen-bond acceptors (Lipinski definition) is 4. The van der Waals surface area contributed by atoms with Crippen molar-refractivity contribution in [2.24, 2.45) is 0 Å². The van der Waals surface area contributed by atoms with Gasteiger partial charge in [0.25, 0.3) is 0 Å². The van der Waals surface area contributed by atoms with Gasteiger partial charge < -0.3 is 14.6 Å². The summed E-state index contributed by atoms with van der Waals surface area (Å²) in [6.07, 6.45) is 1.61. The van der Waals surface area contributed by atoms with Crippen LogP contribution in [0.5, 0.6) is 11.5 Å². The van der Waals surface area contributed by atoms with E-state index in [0.29, 0.717) is 26.2 Å². The number of phenolic OH excluding ortho intramolecular Hbond substituents is 2. The van der Waals surface area contributed by atoms with Gasteiger partial charge in [0.2, 0.25) is 5.89 Å². The number of aromatic hydroxyl groups is 2. The van der Waals surface area contributed by atoms with Crippen molar-refractivity contribution in [1.29, 1.82) is 0 Å². The number of hydrogen-bond donors (Lipinski definition) is 2. The lowest BCUT2D eigenvalue weighted by atomic mass is 10.2. The number of benzene rings is 2. The minimum Gasteiger partial charge on any atom is -0.503 e. The first-order valence-corrected chi connectivity index (χ1v) is 8.47. The van der Waals surface area contributed by atoms with Gasteiger partial charge >= 0.3 is 0 Å². The van der Waals surface area contributed by atoms with Crippen LogP contribution in [0.15, 0.2) is 54.4 Å². The van der Waals surface area contributed by atoms with Crippen LogP contribution in [0.3, 0.4) is 0 Å². The van der Waals surface area contributed by atoms with E-state index in [1.807, 2.05) is 24.3 Å². The molecule has 0 atom stereocenters. The summed E-state index contributed by atoms with van der Waals surface area (Å²) < 4.78 is 7.40. The van der Waals surface area contributed by atoms with Gasteiger partial charge in [0.05, 0.1) is 20.7 Å². The fourth-order valence-electron chi connectivity index (χ4n) is 1.90. The van der Waals surface area contributed by atoms with Crippen molar-refractivity contribution in [3.63, 3.8) is 0 Å². The highest BCUT2D eigenvalue weighted by Gasteiger charge is 2.19. The Morgan fingerprint density at radius 2 is 1.64 bits per heavy atom. The maximum Gasteiger partial charge on any atom is 0.228 e. The quantitative estimate of drug-likeness (QED) is 0.453. The predicted octanol–water partition coefficient (Wildman–Crippen LogP) is 5.71. The zero-order valence-corrected chi connectivity index (χ0v) is 15.6. The molecule has 4 nitrogen and oxygen atoms in total.